The van der Waals surface area contributed by atoms with Gasteiger partial charge in [-0.1, -0.05) is 24.6 Å². The van der Waals surface area contributed by atoms with E-state index < -0.39 is 0 Å². The van der Waals surface area contributed by atoms with E-state index in [0.29, 0.717) is 11.6 Å². The highest BCUT2D eigenvalue weighted by Crippen LogP contribution is 2.32. The van der Waals surface area contributed by atoms with Gasteiger partial charge in [0.25, 0.3) is 0 Å². The van der Waals surface area contributed by atoms with Crippen molar-refractivity contribution in [3.8, 4) is 0 Å². The highest BCUT2D eigenvalue weighted by molar-refractivity contribution is 6.31. The molecular weight excluding hydrogens is 262 g/mol. The summed E-state index contributed by atoms with van der Waals surface area (Å²) < 4.78 is 5.17. The third kappa shape index (κ3) is 3.48. The summed E-state index contributed by atoms with van der Waals surface area (Å²) in [5.74, 6) is 0.00427. The van der Waals surface area contributed by atoms with E-state index in [1.165, 1.54) is 0 Å². The molecule has 3 nitrogen and oxygen atoms in total. The number of carbonyl (C=O) groups is 1. The molecule has 1 atom stereocenters. The molecule has 0 heterocycles. The first-order chi connectivity index (χ1) is 8.93. The van der Waals surface area contributed by atoms with Gasteiger partial charge < -0.3 is 9.64 Å². The Morgan fingerprint density at radius 3 is 2.58 bits per heavy atom. The maximum Gasteiger partial charge on any atom is 0.224 e. The molecule has 1 unspecified atom stereocenters. The van der Waals surface area contributed by atoms with Gasteiger partial charge in [-0.2, -0.15) is 0 Å². The van der Waals surface area contributed by atoms with Crippen molar-refractivity contribution in [2.45, 2.75) is 40.2 Å². The number of nitrogens with zero attached hydrogens (tertiary/aromatic N) is 1. The van der Waals surface area contributed by atoms with Gasteiger partial charge in [0, 0.05) is 19.1 Å². The van der Waals surface area contributed by atoms with E-state index >= 15 is 0 Å². The van der Waals surface area contributed by atoms with Gasteiger partial charge in [0.05, 0.1) is 18.3 Å². The van der Waals surface area contributed by atoms with Crippen molar-refractivity contribution in [3.63, 3.8) is 0 Å². The Balaban J connectivity index is 3.37. The lowest BCUT2D eigenvalue weighted by Crippen LogP contribution is -2.41. The topological polar surface area (TPSA) is 29.5 Å². The van der Waals surface area contributed by atoms with Crippen LogP contribution < -0.4 is 4.90 Å². The Hall–Kier alpha value is -1.06. The van der Waals surface area contributed by atoms with Gasteiger partial charge in [-0.3, -0.25) is 4.79 Å². The second-order valence-corrected chi connectivity index (χ2v) is 5.13. The number of methoxy groups -OCH3 is 1. The number of halogens is 1. The maximum absolute atomic E-state index is 12.0. The van der Waals surface area contributed by atoms with E-state index in [-0.39, 0.29) is 11.9 Å². The predicted molar refractivity (Wildman–Crippen MR) is 80.1 cm³/mol. The number of aryl methyl sites for hydroxylation is 1. The molecule has 0 aliphatic heterocycles. The largest absolute Gasteiger partial charge is 0.383 e. The molecule has 0 bridgehead atoms. The number of amides is 1. The van der Waals surface area contributed by atoms with Crippen LogP contribution in [0, 0.1) is 6.92 Å². The molecule has 0 N–H and O–H groups in total. The predicted octanol–water partition coefficient (Wildman–Crippen LogP) is 3.60. The van der Waals surface area contributed by atoms with Crippen molar-refractivity contribution in [1.82, 2.24) is 0 Å². The van der Waals surface area contributed by atoms with Gasteiger partial charge in [-0.25, -0.2) is 0 Å². The first-order valence-corrected chi connectivity index (χ1v) is 6.88. The molecule has 0 aliphatic rings. The third-order valence-corrected chi connectivity index (χ3v) is 3.67. The first kappa shape index (κ1) is 16.0. The Morgan fingerprint density at radius 2 is 2.11 bits per heavy atom. The number of hydrogen-bond donors (Lipinski definition) is 0. The van der Waals surface area contributed by atoms with Crippen LogP contribution >= 0.6 is 11.6 Å². The van der Waals surface area contributed by atoms with E-state index in [9.17, 15) is 4.79 Å². The standard InChI is InChI=1S/C15H22ClNO2/c1-6-13-7-8-14(16)11(3)15(13)17(12(4)18)10(2)9-19-5/h7-8,10H,6,9H2,1-5H3. The highest BCUT2D eigenvalue weighted by Gasteiger charge is 2.23. The van der Waals surface area contributed by atoms with Gasteiger partial charge in [-0.05, 0) is 37.5 Å². The van der Waals surface area contributed by atoms with Gasteiger partial charge in [0.2, 0.25) is 5.91 Å². The molecule has 1 amide bonds. The normalized spacial score (nSPS) is 12.3. The van der Waals surface area contributed by atoms with Crippen LogP contribution in [0.4, 0.5) is 5.69 Å². The van der Waals surface area contributed by atoms with E-state index in [1.807, 2.05) is 26.0 Å². The van der Waals surface area contributed by atoms with Gasteiger partial charge in [0.1, 0.15) is 0 Å². The molecule has 0 saturated carbocycles. The van der Waals surface area contributed by atoms with Crippen molar-refractivity contribution >= 4 is 23.2 Å². The van der Waals surface area contributed by atoms with E-state index in [0.717, 1.165) is 23.2 Å². The van der Waals surface area contributed by atoms with Crippen LogP contribution in [0.2, 0.25) is 5.02 Å². The Bertz CT molecular complexity index is 460. The fourth-order valence-corrected chi connectivity index (χ4v) is 2.51. The van der Waals surface area contributed by atoms with Crippen molar-refractivity contribution in [3.05, 3.63) is 28.3 Å². The monoisotopic (exact) mass is 283 g/mol. The highest BCUT2D eigenvalue weighted by atomic mass is 35.5. The minimum atomic E-state index is -0.0232. The Labute approximate surface area is 120 Å². The quantitative estimate of drug-likeness (QED) is 0.826. The molecule has 0 aliphatic carbocycles. The molecule has 4 heteroatoms. The lowest BCUT2D eigenvalue weighted by atomic mass is 10.0. The number of rotatable bonds is 5. The minimum Gasteiger partial charge on any atom is -0.383 e. The molecule has 1 aromatic rings. The summed E-state index contributed by atoms with van der Waals surface area (Å²) in [5.41, 5.74) is 2.99. The van der Waals surface area contributed by atoms with Crippen LogP contribution in [0.25, 0.3) is 0 Å². The molecular formula is C15H22ClNO2. The van der Waals surface area contributed by atoms with Crippen LogP contribution in [-0.4, -0.2) is 25.7 Å². The SMILES string of the molecule is CCc1ccc(Cl)c(C)c1N(C(C)=O)C(C)COC. The Kier molecular flexibility index (Phi) is 5.83. The molecule has 1 aromatic carbocycles. The van der Waals surface area contributed by atoms with E-state index in [4.69, 9.17) is 16.3 Å². The molecule has 0 aromatic heterocycles. The lowest BCUT2D eigenvalue weighted by molar-refractivity contribution is -0.117. The lowest BCUT2D eigenvalue weighted by Gasteiger charge is -2.31. The molecule has 0 spiro atoms. The minimum absolute atomic E-state index is 0.00427. The zero-order valence-electron chi connectivity index (χ0n) is 12.3. The zero-order chi connectivity index (χ0) is 14.6. The first-order valence-electron chi connectivity index (χ1n) is 6.50. The summed E-state index contributed by atoms with van der Waals surface area (Å²) in [6, 6.07) is 3.85. The molecule has 0 saturated heterocycles. The average molecular weight is 284 g/mol. The van der Waals surface area contributed by atoms with Crippen LogP contribution in [0.1, 0.15) is 31.9 Å². The third-order valence-electron chi connectivity index (χ3n) is 3.26. The summed E-state index contributed by atoms with van der Waals surface area (Å²) in [4.78, 5) is 13.8. The maximum atomic E-state index is 12.0. The van der Waals surface area contributed by atoms with E-state index in [2.05, 4.69) is 6.92 Å². The summed E-state index contributed by atoms with van der Waals surface area (Å²) in [5, 5.41) is 0.683. The summed E-state index contributed by atoms with van der Waals surface area (Å²) >= 11 is 6.20. The van der Waals surface area contributed by atoms with Gasteiger partial charge >= 0.3 is 0 Å². The van der Waals surface area contributed by atoms with Crippen molar-refractivity contribution in [2.75, 3.05) is 18.6 Å². The second kappa shape index (κ2) is 6.92. The molecule has 1 rings (SSSR count). The van der Waals surface area contributed by atoms with Crippen LogP contribution in [0.15, 0.2) is 12.1 Å². The number of anilines is 1. The summed E-state index contributed by atoms with van der Waals surface area (Å²) in [6.07, 6.45) is 0.858. The molecule has 19 heavy (non-hydrogen) atoms. The summed E-state index contributed by atoms with van der Waals surface area (Å²) in [6.45, 7) is 8.07. The van der Waals surface area contributed by atoms with Crippen LogP contribution in [0.5, 0.6) is 0 Å². The fourth-order valence-electron chi connectivity index (χ4n) is 2.36. The van der Waals surface area contributed by atoms with Crippen LogP contribution in [-0.2, 0) is 16.0 Å². The number of benzene rings is 1. The smallest absolute Gasteiger partial charge is 0.224 e. The summed E-state index contributed by atoms with van der Waals surface area (Å²) in [7, 11) is 1.64. The molecule has 0 radical (unpaired) electrons. The fraction of sp³-hybridized carbons (Fsp3) is 0.533. The number of carbonyl (C=O) groups excluding carboxylic acids is 1. The molecule has 0 fully saturated rings. The van der Waals surface area contributed by atoms with Gasteiger partial charge in [0.15, 0.2) is 0 Å². The van der Waals surface area contributed by atoms with E-state index in [1.54, 1.807) is 18.9 Å². The van der Waals surface area contributed by atoms with Crippen molar-refractivity contribution in [1.29, 1.82) is 0 Å². The second-order valence-electron chi connectivity index (χ2n) is 4.73. The number of ether oxygens (including phenoxy) is 1. The zero-order valence-corrected chi connectivity index (χ0v) is 13.0. The molecule has 106 valence electrons. The Morgan fingerprint density at radius 1 is 1.47 bits per heavy atom. The average Bonchev–Trinajstić information content (AvgIpc) is 2.35. The van der Waals surface area contributed by atoms with Crippen molar-refractivity contribution in [2.24, 2.45) is 0 Å². The van der Waals surface area contributed by atoms with Gasteiger partial charge in [-0.15, -0.1) is 0 Å². The number of hydrogen-bond acceptors (Lipinski definition) is 2. The van der Waals surface area contributed by atoms with Crippen molar-refractivity contribution < 1.29 is 9.53 Å². The van der Waals surface area contributed by atoms with Crippen LogP contribution in [0.3, 0.4) is 0 Å².